The first-order valence-corrected chi connectivity index (χ1v) is 7.77. The summed E-state index contributed by atoms with van der Waals surface area (Å²) in [5.41, 5.74) is 0.191. The van der Waals surface area contributed by atoms with Gasteiger partial charge in [-0.3, -0.25) is 9.69 Å². The van der Waals surface area contributed by atoms with Crippen LogP contribution in [0.1, 0.15) is 18.0 Å². The molecule has 1 aromatic rings. The fraction of sp³-hybridized carbons (Fsp3) is 0.562. The van der Waals surface area contributed by atoms with Crippen LogP contribution in [-0.4, -0.2) is 66.3 Å². The molecule has 0 saturated carbocycles. The summed E-state index contributed by atoms with van der Waals surface area (Å²) in [6, 6.07) is 2.79. The number of nitrogens with zero attached hydrogens (tertiary/aromatic N) is 2. The zero-order valence-electron chi connectivity index (χ0n) is 12.8. The highest BCUT2D eigenvalue weighted by molar-refractivity contribution is 5.78. The summed E-state index contributed by atoms with van der Waals surface area (Å²) < 4.78 is 32.7. The number of carbonyl (C=O) groups excluding carboxylic acids is 1. The van der Waals surface area contributed by atoms with Crippen LogP contribution in [0.2, 0.25) is 0 Å². The third-order valence-corrected chi connectivity index (χ3v) is 4.40. The molecule has 0 aliphatic carbocycles. The van der Waals surface area contributed by atoms with Crippen molar-refractivity contribution < 1.29 is 23.4 Å². The summed E-state index contributed by atoms with van der Waals surface area (Å²) in [6.07, 6.45) is -0.364. The van der Waals surface area contributed by atoms with Crippen LogP contribution < -0.4 is 0 Å². The highest BCUT2D eigenvalue weighted by Crippen LogP contribution is 2.33. The van der Waals surface area contributed by atoms with Gasteiger partial charge in [-0.2, -0.15) is 0 Å². The monoisotopic (exact) mass is 326 g/mol. The van der Waals surface area contributed by atoms with Crippen LogP contribution in [0.3, 0.4) is 0 Å². The van der Waals surface area contributed by atoms with Crippen LogP contribution in [0, 0.1) is 11.6 Å². The summed E-state index contributed by atoms with van der Waals surface area (Å²) in [5.74, 6) is -1.12. The van der Waals surface area contributed by atoms with E-state index in [1.54, 1.807) is 9.80 Å². The van der Waals surface area contributed by atoms with Gasteiger partial charge in [-0.1, -0.05) is 0 Å². The fourth-order valence-corrected chi connectivity index (χ4v) is 3.23. The van der Waals surface area contributed by atoms with Crippen LogP contribution >= 0.6 is 0 Å². The second-order valence-electron chi connectivity index (χ2n) is 5.99. The standard InChI is InChI=1S/C16H20F2N2O3/c17-11-1-2-14(18)13(7-11)15-8-12(21)9-20(15)10-16(22)19-3-5-23-6-4-19/h1-2,7,12,15,21H,3-6,8-10H2/t12-,15+/m0/s1. The van der Waals surface area contributed by atoms with Crippen LogP contribution in [0.4, 0.5) is 8.78 Å². The molecule has 2 heterocycles. The third-order valence-electron chi connectivity index (χ3n) is 4.40. The van der Waals surface area contributed by atoms with Crippen LogP contribution in [0.5, 0.6) is 0 Å². The van der Waals surface area contributed by atoms with E-state index in [4.69, 9.17) is 4.74 Å². The van der Waals surface area contributed by atoms with Crippen LogP contribution in [-0.2, 0) is 9.53 Å². The minimum atomic E-state index is -0.653. The lowest BCUT2D eigenvalue weighted by molar-refractivity contribution is -0.136. The second-order valence-corrected chi connectivity index (χ2v) is 5.99. The Balaban J connectivity index is 1.74. The molecule has 2 fully saturated rings. The molecule has 0 unspecified atom stereocenters. The van der Waals surface area contributed by atoms with Crippen LogP contribution in [0.25, 0.3) is 0 Å². The van der Waals surface area contributed by atoms with Crippen LogP contribution in [0.15, 0.2) is 18.2 Å². The van der Waals surface area contributed by atoms with Crippen molar-refractivity contribution in [2.75, 3.05) is 39.4 Å². The minimum Gasteiger partial charge on any atom is -0.392 e. The number of benzene rings is 1. The van der Waals surface area contributed by atoms with Crippen molar-refractivity contribution in [3.05, 3.63) is 35.4 Å². The van der Waals surface area contributed by atoms with Gasteiger partial charge >= 0.3 is 0 Å². The smallest absolute Gasteiger partial charge is 0.236 e. The van der Waals surface area contributed by atoms with E-state index in [0.29, 0.717) is 26.3 Å². The Kier molecular flexibility index (Phi) is 4.89. The number of morpholine rings is 1. The van der Waals surface area contributed by atoms with Crippen molar-refractivity contribution in [2.45, 2.75) is 18.6 Å². The lowest BCUT2D eigenvalue weighted by atomic mass is 10.0. The molecule has 5 nitrogen and oxygen atoms in total. The summed E-state index contributed by atoms with van der Waals surface area (Å²) >= 11 is 0. The Hall–Kier alpha value is -1.57. The van der Waals surface area contributed by atoms with Gasteiger partial charge in [-0.05, 0) is 24.6 Å². The number of hydrogen-bond donors (Lipinski definition) is 1. The van der Waals surface area contributed by atoms with Gasteiger partial charge in [0.05, 0.1) is 25.9 Å². The van der Waals surface area contributed by atoms with E-state index in [9.17, 15) is 18.7 Å². The maximum atomic E-state index is 14.0. The van der Waals surface area contributed by atoms with Gasteiger partial charge in [0, 0.05) is 31.2 Å². The van der Waals surface area contributed by atoms with Gasteiger partial charge < -0.3 is 14.7 Å². The van der Waals surface area contributed by atoms with E-state index < -0.39 is 23.8 Å². The van der Waals surface area contributed by atoms with E-state index in [0.717, 1.165) is 18.2 Å². The van der Waals surface area contributed by atoms with E-state index >= 15 is 0 Å². The van der Waals surface area contributed by atoms with E-state index in [2.05, 4.69) is 0 Å². The Morgan fingerprint density at radius 1 is 1.30 bits per heavy atom. The number of carbonyl (C=O) groups is 1. The topological polar surface area (TPSA) is 53.0 Å². The van der Waals surface area contributed by atoms with Crippen molar-refractivity contribution >= 4 is 5.91 Å². The molecule has 7 heteroatoms. The molecular formula is C16H20F2N2O3. The van der Waals surface area contributed by atoms with Gasteiger partial charge in [-0.15, -0.1) is 0 Å². The largest absolute Gasteiger partial charge is 0.392 e. The number of amides is 1. The molecule has 2 saturated heterocycles. The molecule has 2 atom stereocenters. The van der Waals surface area contributed by atoms with Crippen molar-refractivity contribution in [3.8, 4) is 0 Å². The number of aliphatic hydroxyl groups is 1. The predicted molar refractivity (Wildman–Crippen MR) is 78.7 cm³/mol. The van der Waals surface area contributed by atoms with Crippen molar-refractivity contribution in [2.24, 2.45) is 0 Å². The predicted octanol–water partition coefficient (Wildman–Crippen LogP) is 0.931. The summed E-state index contributed by atoms with van der Waals surface area (Å²) in [4.78, 5) is 15.8. The van der Waals surface area contributed by atoms with Gasteiger partial charge in [0.15, 0.2) is 0 Å². The first kappa shape index (κ1) is 16.3. The van der Waals surface area contributed by atoms with Crippen molar-refractivity contribution in [1.82, 2.24) is 9.80 Å². The number of rotatable bonds is 3. The molecule has 1 aromatic carbocycles. The highest BCUT2D eigenvalue weighted by Gasteiger charge is 2.35. The first-order valence-electron chi connectivity index (χ1n) is 7.77. The number of β-amino-alcohol motifs (C(OH)–C–C–N with tert-alkyl or cyclic N) is 1. The molecule has 0 spiro atoms. The highest BCUT2D eigenvalue weighted by atomic mass is 19.1. The Labute approximate surface area is 133 Å². The third kappa shape index (κ3) is 3.68. The summed E-state index contributed by atoms with van der Waals surface area (Å²) in [6.45, 7) is 2.45. The zero-order valence-corrected chi connectivity index (χ0v) is 12.8. The normalized spacial score (nSPS) is 25.8. The van der Waals surface area contributed by atoms with Crippen molar-refractivity contribution in [3.63, 3.8) is 0 Å². The number of hydrogen-bond acceptors (Lipinski definition) is 4. The molecule has 0 aromatic heterocycles. The van der Waals surface area contributed by atoms with Gasteiger partial charge in [0.2, 0.25) is 5.91 Å². The van der Waals surface area contributed by atoms with Gasteiger partial charge in [0.25, 0.3) is 0 Å². The minimum absolute atomic E-state index is 0.0794. The number of halogens is 2. The molecule has 2 aliphatic heterocycles. The maximum absolute atomic E-state index is 14.0. The van der Waals surface area contributed by atoms with Crippen molar-refractivity contribution in [1.29, 1.82) is 0 Å². The second kappa shape index (κ2) is 6.90. The van der Waals surface area contributed by atoms with Gasteiger partial charge in [0.1, 0.15) is 11.6 Å². The Morgan fingerprint density at radius 3 is 2.78 bits per heavy atom. The average molecular weight is 326 g/mol. The average Bonchev–Trinajstić information content (AvgIpc) is 2.91. The van der Waals surface area contributed by atoms with E-state index in [1.165, 1.54) is 0 Å². The Bertz CT molecular complexity index is 578. The lowest BCUT2D eigenvalue weighted by Gasteiger charge is -2.30. The first-order chi connectivity index (χ1) is 11.0. The lowest BCUT2D eigenvalue weighted by Crippen LogP contribution is -2.45. The fourth-order valence-electron chi connectivity index (χ4n) is 3.23. The van der Waals surface area contributed by atoms with E-state index in [1.807, 2.05) is 0 Å². The number of likely N-dealkylation sites (tertiary alicyclic amines) is 1. The quantitative estimate of drug-likeness (QED) is 0.898. The molecule has 0 radical (unpaired) electrons. The Morgan fingerprint density at radius 2 is 2.04 bits per heavy atom. The molecule has 2 aliphatic rings. The number of ether oxygens (including phenoxy) is 1. The molecular weight excluding hydrogens is 306 g/mol. The SMILES string of the molecule is O=C(CN1C[C@@H](O)C[C@@H]1c1cc(F)ccc1F)N1CCOCC1. The summed E-state index contributed by atoms with van der Waals surface area (Å²) in [5, 5.41) is 9.91. The molecule has 23 heavy (non-hydrogen) atoms. The molecule has 126 valence electrons. The molecule has 3 rings (SSSR count). The molecule has 1 N–H and O–H groups in total. The summed E-state index contributed by atoms with van der Waals surface area (Å²) in [7, 11) is 0. The maximum Gasteiger partial charge on any atom is 0.236 e. The molecule has 0 bridgehead atoms. The number of aliphatic hydroxyl groups excluding tert-OH is 1. The van der Waals surface area contributed by atoms with E-state index in [-0.39, 0.29) is 31.0 Å². The van der Waals surface area contributed by atoms with Gasteiger partial charge in [-0.25, -0.2) is 8.78 Å². The zero-order chi connectivity index (χ0) is 16.4. The molecule has 1 amide bonds.